The first-order valence-electron chi connectivity index (χ1n) is 6.43. The van der Waals surface area contributed by atoms with E-state index in [0.717, 1.165) is 5.69 Å². The van der Waals surface area contributed by atoms with Crippen molar-refractivity contribution in [2.45, 2.75) is 6.92 Å². The third-order valence-corrected chi connectivity index (χ3v) is 3.31. The van der Waals surface area contributed by atoms with Crippen LogP contribution in [0.4, 0.5) is 0 Å². The molecule has 1 aromatic heterocycles. The van der Waals surface area contributed by atoms with Crippen LogP contribution in [0.15, 0.2) is 72.9 Å². The van der Waals surface area contributed by atoms with Gasteiger partial charge < -0.3 is 0 Å². The maximum absolute atomic E-state index is 4.39. The lowest BCUT2D eigenvalue weighted by Gasteiger charge is -2.11. The van der Waals surface area contributed by atoms with Crippen LogP contribution < -0.4 is 0 Å². The van der Waals surface area contributed by atoms with E-state index in [0.29, 0.717) is 0 Å². The third kappa shape index (κ3) is 2.27. The number of aromatic nitrogens is 1. The second-order valence-corrected chi connectivity index (χ2v) is 4.55. The quantitative estimate of drug-likeness (QED) is 0.636. The predicted octanol–water partition coefficient (Wildman–Crippen LogP) is 4.72. The first-order valence-corrected chi connectivity index (χ1v) is 6.43. The largest absolute Gasteiger partial charge is 0.261 e. The molecule has 0 fully saturated rings. The molecule has 3 aromatic rings. The molecule has 0 aliphatic heterocycles. The molecule has 0 radical (unpaired) electrons. The Morgan fingerprint density at radius 1 is 0.632 bits per heavy atom. The second kappa shape index (κ2) is 5.07. The highest BCUT2D eigenvalue weighted by atomic mass is 14.7. The summed E-state index contributed by atoms with van der Waals surface area (Å²) < 4.78 is 0. The van der Waals surface area contributed by atoms with Gasteiger partial charge in [-0.2, -0.15) is 0 Å². The molecule has 0 spiro atoms. The molecule has 0 amide bonds. The molecular formula is C18H15N. The van der Waals surface area contributed by atoms with E-state index in [9.17, 15) is 0 Å². The van der Waals surface area contributed by atoms with Gasteiger partial charge in [0.25, 0.3) is 0 Å². The van der Waals surface area contributed by atoms with Crippen LogP contribution >= 0.6 is 0 Å². The predicted molar refractivity (Wildman–Crippen MR) is 79.8 cm³/mol. The van der Waals surface area contributed by atoms with Gasteiger partial charge in [0.05, 0.1) is 0 Å². The van der Waals surface area contributed by atoms with Gasteiger partial charge in [0.2, 0.25) is 0 Å². The number of rotatable bonds is 2. The number of nitrogens with zero attached hydrogens (tertiary/aromatic N) is 1. The molecule has 1 heteroatoms. The number of hydrogen-bond donors (Lipinski definition) is 0. The summed E-state index contributed by atoms with van der Waals surface area (Å²) in [6.45, 7) is 2.05. The Bertz CT molecular complexity index is 687. The maximum Gasteiger partial charge on any atom is 0.0451 e. The Kier molecular flexibility index (Phi) is 3.11. The minimum atomic E-state index is 1.06. The third-order valence-electron chi connectivity index (χ3n) is 3.31. The number of pyridine rings is 1. The van der Waals surface area contributed by atoms with E-state index >= 15 is 0 Å². The first-order chi connectivity index (χ1) is 9.36. The average Bonchev–Trinajstić information content (AvgIpc) is 2.49. The van der Waals surface area contributed by atoms with Crippen molar-refractivity contribution in [2.75, 3.05) is 0 Å². The van der Waals surface area contributed by atoms with Crippen molar-refractivity contribution in [3.8, 4) is 22.3 Å². The lowest BCUT2D eigenvalue weighted by Crippen LogP contribution is -1.89. The van der Waals surface area contributed by atoms with Crippen LogP contribution in [-0.2, 0) is 0 Å². The number of benzene rings is 2. The molecule has 0 saturated carbocycles. The molecule has 0 saturated heterocycles. The summed E-state index contributed by atoms with van der Waals surface area (Å²) in [7, 11) is 0. The van der Waals surface area contributed by atoms with Gasteiger partial charge in [0.15, 0.2) is 0 Å². The lowest BCUT2D eigenvalue weighted by atomic mass is 9.94. The summed E-state index contributed by atoms with van der Waals surface area (Å²) in [6.07, 6.45) is 1.84. The highest BCUT2D eigenvalue weighted by molar-refractivity contribution is 5.84. The Labute approximate surface area is 113 Å². The van der Waals surface area contributed by atoms with Crippen LogP contribution in [-0.4, -0.2) is 4.98 Å². The summed E-state index contributed by atoms with van der Waals surface area (Å²) in [5.74, 6) is 0. The summed E-state index contributed by atoms with van der Waals surface area (Å²) in [5, 5.41) is 0. The van der Waals surface area contributed by atoms with Crippen molar-refractivity contribution < 1.29 is 0 Å². The highest BCUT2D eigenvalue weighted by Crippen LogP contribution is 2.32. The SMILES string of the molecule is Cc1ncccc1-c1ccccc1-c1ccccc1. The van der Waals surface area contributed by atoms with E-state index in [2.05, 4.69) is 66.5 Å². The molecule has 0 bridgehead atoms. The number of hydrogen-bond acceptors (Lipinski definition) is 1. The monoisotopic (exact) mass is 245 g/mol. The average molecular weight is 245 g/mol. The van der Waals surface area contributed by atoms with Gasteiger partial charge in [-0.15, -0.1) is 0 Å². The number of aryl methyl sites for hydroxylation is 1. The molecule has 2 aromatic carbocycles. The van der Waals surface area contributed by atoms with Crippen LogP contribution in [0.25, 0.3) is 22.3 Å². The lowest BCUT2D eigenvalue weighted by molar-refractivity contribution is 1.20. The van der Waals surface area contributed by atoms with E-state index in [1.165, 1.54) is 22.3 Å². The smallest absolute Gasteiger partial charge is 0.0451 e. The van der Waals surface area contributed by atoms with Gasteiger partial charge >= 0.3 is 0 Å². The van der Waals surface area contributed by atoms with E-state index in [1.807, 2.05) is 18.3 Å². The normalized spacial score (nSPS) is 10.4. The van der Waals surface area contributed by atoms with Crippen LogP contribution in [0.1, 0.15) is 5.69 Å². The topological polar surface area (TPSA) is 12.9 Å². The zero-order valence-electron chi connectivity index (χ0n) is 10.9. The van der Waals surface area contributed by atoms with E-state index in [-0.39, 0.29) is 0 Å². The second-order valence-electron chi connectivity index (χ2n) is 4.55. The van der Waals surface area contributed by atoms with Crippen molar-refractivity contribution in [3.63, 3.8) is 0 Å². The summed E-state index contributed by atoms with van der Waals surface area (Å²) in [5.41, 5.74) is 5.98. The van der Waals surface area contributed by atoms with Gasteiger partial charge in [-0.1, -0.05) is 60.7 Å². The molecule has 1 heterocycles. The highest BCUT2D eigenvalue weighted by Gasteiger charge is 2.08. The fraction of sp³-hybridized carbons (Fsp3) is 0.0556. The van der Waals surface area contributed by atoms with E-state index < -0.39 is 0 Å². The standard InChI is InChI=1S/C18H15N/c1-14-16(12-7-13-19-14)18-11-6-5-10-17(18)15-8-3-2-4-9-15/h2-13H,1H3. The minimum absolute atomic E-state index is 1.06. The molecule has 19 heavy (non-hydrogen) atoms. The van der Waals surface area contributed by atoms with Gasteiger partial charge in [0, 0.05) is 17.5 Å². The molecule has 1 nitrogen and oxygen atoms in total. The summed E-state index contributed by atoms with van der Waals surface area (Å²) in [4.78, 5) is 4.39. The Hall–Kier alpha value is -2.41. The maximum atomic E-state index is 4.39. The van der Waals surface area contributed by atoms with Crippen LogP contribution in [0, 0.1) is 6.92 Å². The molecule has 92 valence electrons. The molecule has 0 aliphatic rings. The summed E-state index contributed by atoms with van der Waals surface area (Å²) >= 11 is 0. The van der Waals surface area contributed by atoms with Crippen molar-refractivity contribution in [1.29, 1.82) is 0 Å². The van der Waals surface area contributed by atoms with Crippen LogP contribution in [0.2, 0.25) is 0 Å². The van der Waals surface area contributed by atoms with Crippen LogP contribution in [0.5, 0.6) is 0 Å². The van der Waals surface area contributed by atoms with E-state index in [4.69, 9.17) is 0 Å². The van der Waals surface area contributed by atoms with Crippen molar-refractivity contribution >= 4 is 0 Å². The van der Waals surface area contributed by atoms with Crippen molar-refractivity contribution in [3.05, 3.63) is 78.6 Å². The van der Waals surface area contributed by atoms with Crippen molar-refractivity contribution in [1.82, 2.24) is 4.98 Å². The van der Waals surface area contributed by atoms with Gasteiger partial charge in [0.1, 0.15) is 0 Å². The first kappa shape index (κ1) is 11.7. The summed E-state index contributed by atoms with van der Waals surface area (Å²) in [6, 6.07) is 23.1. The minimum Gasteiger partial charge on any atom is -0.261 e. The van der Waals surface area contributed by atoms with Crippen LogP contribution in [0.3, 0.4) is 0 Å². The van der Waals surface area contributed by atoms with Gasteiger partial charge in [-0.25, -0.2) is 0 Å². The van der Waals surface area contributed by atoms with E-state index in [1.54, 1.807) is 0 Å². The van der Waals surface area contributed by atoms with Crippen molar-refractivity contribution in [2.24, 2.45) is 0 Å². The molecule has 3 rings (SSSR count). The Morgan fingerprint density at radius 2 is 1.26 bits per heavy atom. The molecule has 0 atom stereocenters. The van der Waals surface area contributed by atoms with Gasteiger partial charge in [-0.05, 0) is 29.7 Å². The molecule has 0 unspecified atom stereocenters. The zero-order valence-corrected chi connectivity index (χ0v) is 10.9. The van der Waals surface area contributed by atoms with Gasteiger partial charge in [-0.3, -0.25) is 4.98 Å². The zero-order chi connectivity index (χ0) is 13.1. The molecule has 0 aliphatic carbocycles. The Balaban J connectivity index is 2.21. The Morgan fingerprint density at radius 3 is 2.00 bits per heavy atom. The molecular weight excluding hydrogens is 230 g/mol. The fourth-order valence-corrected chi connectivity index (χ4v) is 2.36. The molecule has 0 N–H and O–H groups in total. The fourth-order valence-electron chi connectivity index (χ4n) is 2.36.